The zero-order valence-corrected chi connectivity index (χ0v) is 12.6. The Hall–Kier alpha value is -2.63. The van der Waals surface area contributed by atoms with Gasteiger partial charge in [0.1, 0.15) is 5.75 Å². The molecule has 0 bridgehead atoms. The quantitative estimate of drug-likeness (QED) is 0.849. The number of carbonyl (C=O) groups is 1. The van der Waals surface area contributed by atoms with Crippen molar-refractivity contribution >= 4 is 6.03 Å². The second-order valence-electron chi connectivity index (χ2n) is 4.98. The second kappa shape index (κ2) is 8.12. The van der Waals surface area contributed by atoms with Crippen LogP contribution in [0, 0.1) is 0 Å². The Labute approximate surface area is 133 Å². The summed E-state index contributed by atoms with van der Waals surface area (Å²) in [5, 5.41) is 5.55. The molecule has 0 saturated carbocycles. The van der Waals surface area contributed by atoms with Gasteiger partial charge in [0.2, 0.25) is 0 Å². The first-order chi connectivity index (χ1) is 11.0. The van der Waals surface area contributed by atoms with E-state index in [1.54, 1.807) is 12.1 Å². The molecule has 4 nitrogen and oxygen atoms in total. The Balaban J connectivity index is 1.80. The van der Waals surface area contributed by atoms with Crippen molar-refractivity contribution in [1.82, 2.24) is 10.6 Å². The lowest BCUT2D eigenvalue weighted by molar-refractivity contribution is -0.0498. The lowest BCUT2D eigenvalue weighted by Gasteiger charge is -2.15. The molecule has 2 amide bonds. The molecule has 122 valence electrons. The predicted octanol–water partition coefficient (Wildman–Crippen LogP) is 3.85. The number of nitrogens with one attached hydrogen (secondary N) is 2. The molecule has 2 N–H and O–H groups in total. The van der Waals surface area contributed by atoms with Crippen LogP contribution >= 0.6 is 0 Å². The van der Waals surface area contributed by atoms with Gasteiger partial charge >= 0.3 is 12.6 Å². The first-order valence-corrected chi connectivity index (χ1v) is 7.17. The lowest BCUT2D eigenvalue weighted by atomic mass is 10.1. The third kappa shape index (κ3) is 5.58. The second-order valence-corrected chi connectivity index (χ2v) is 4.98. The average Bonchev–Trinajstić information content (AvgIpc) is 2.54. The monoisotopic (exact) mass is 320 g/mol. The summed E-state index contributed by atoms with van der Waals surface area (Å²) in [6.45, 7) is -0.655. The van der Waals surface area contributed by atoms with E-state index in [1.807, 2.05) is 37.3 Å². The van der Waals surface area contributed by atoms with Crippen molar-refractivity contribution in [2.24, 2.45) is 0 Å². The van der Waals surface area contributed by atoms with Crippen LogP contribution in [0.3, 0.4) is 0 Å². The third-order valence-electron chi connectivity index (χ3n) is 3.25. The van der Waals surface area contributed by atoms with Crippen LogP contribution in [0.5, 0.6) is 5.75 Å². The molecule has 6 heteroatoms. The molecule has 23 heavy (non-hydrogen) atoms. The van der Waals surface area contributed by atoms with E-state index < -0.39 is 6.61 Å². The van der Waals surface area contributed by atoms with E-state index in [-0.39, 0.29) is 17.8 Å². The van der Waals surface area contributed by atoms with Gasteiger partial charge < -0.3 is 15.4 Å². The summed E-state index contributed by atoms with van der Waals surface area (Å²) in [6, 6.07) is 15.3. The molecule has 0 radical (unpaired) electrons. The number of benzene rings is 2. The van der Waals surface area contributed by atoms with E-state index in [2.05, 4.69) is 15.4 Å². The summed E-state index contributed by atoms with van der Waals surface area (Å²) in [4.78, 5) is 11.9. The van der Waals surface area contributed by atoms with E-state index >= 15 is 0 Å². The molecule has 2 rings (SSSR count). The van der Waals surface area contributed by atoms with Gasteiger partial charge in [-0.1, -0.05) is 42.5 Å². The van der Waals surface area contributed by atoms with Crippen LogP contribution in [-0.2, 0) is 6.54 Å². The molecule has 1 atom stereocenters. The van der Waals surface area contributed by atoms with Crippen molar-refractivity contribution in [3.05, 3.63) is 65.7 Å². The molecule has 0 saturated heterocycles. The molecule has 2 aromatic rings. The predicted molar refractivity (Wildman–Crippen MR) is 83.3 cm³/mol. The summed E-state index contributed by atoms with van der Waals surface area (Å²) in [7, 11) is 0. The molecule has 0 aromatic heterocycles. The Bertz CT molecular complexity index is 618. The summed E-state index contributed by atoms with van der Waals surface area (Å²) in [5.74, 6) is 0.0888. The zero-order chi connectivity index (χ0) is 16.7. The first kappa shape index (κ1) is 16.7. The Morgan fingerprint density at radius 1 is 1.09 bits per heavy atom. The molecule has 0 aliphatic rings. The van der Waals surface area contributed by atoms with Crippen molar-refractivity contribution in [2.75, 3.05) is 0 Å². The molecule has 0 aliphatic heterocycles. The molecule has 0 fully saturated rings. The zero-order valence-electron chi connectivity index (χ0n) is 12.6. The SMILES string of the molecule is CC(NC(=O)NCc1ccc(OC(F)F)cc1)c1ccccc1. The van der Waals surface area contributed by atoms with Crippen LogP contribution in [0.25, 0.3) is 0 Å². The normalized spacial score (nSPS) is 11.8. The van der Waals surface area contributed by atoms with Gasteiger partial charge in [-0.25, -0.2) is 4.79 Å². The van der Waals surface area contributed by atoms with Crippen LogP contribution in [0.2, 0.25) is 0 Å². The maximum Gasteiger partial charge on any atom is 0.387 e. The molecular formula is C17H18F2N2O2. The number of urea groups is 1. The maximum absolute atomic E-state index is 12.0. The fraction of sp³-hybridized carbons (Fsp3) is 0.235. The number of ether oxygens (including phenoxy) is 1. The molecule has 1 unspecified atom stereocenters. The minimum absolute atomic E-state index is 0.0888. The maximum atomic E-state index is 12.0. The van der Waals surface area contributed by atoms with E-state index in [0.717, 1.165) is 11.1 Å². The van der Waals surface area contributed by atoms with Gasteiger partial charge in [0, 0.05) is 6.54 Å². The highest BCUT2D eigenvalue weighted by Crippen LogP contribution is 2.15. The van der Waals surface area contributed by atoms with Gasteiger partial charge in [0.25, 0.3) is 0 Å². The number of alkyl halides is 2. The Morgan fingerprint density at radius 3 is 2.35 bits per heavy atom. The van der Waals surface area contributed by atoms with Crippen LogP contribution < -0.4 is 15.4 Å². The molecule has 0 spiro atoms. The van der Waals surface area contributed by atoms with Crippen molar-refractivity contribution < 1.29 is 18.3 Å². The minimum atomic E-state index is -2.84. The highest BCUT2D eigenvalue weighted by Gasteiger charge is 2.09. The fourth-order valence-corrected chi connectivity index (χ4v) is 2.04. The number of rotatable bonds is 6. The van der Waals surface area contributed by atoms with Crippen LogP contribution in [0.15, 0.2) is 54.6 Å². The Kier molecular flexibility index (Phi) is 5.91. The summed E-state index contributed by atoms with van der Waals surface area (Å²) in [6.07, 6.45) is 0. The Morgan fingerprint density at radius 2 is 1.74 bits per heavy atom. The summed E-state index contributed by atoms with van der Waals surface area (Å²) in [5.41, 5.74) is 1.80. The molecule has 2 aromatic carbocycles. The van der Waals surface area contributed by atoms with Crippen LogP contribution in [0.1, 0.15) is 24.1 Å². The van der Waals surface area contributed by atoms with Crippen molar-refractivity contribution in [2.45, 2.75) is 26.1 Å². The lowest BCUT2D eigenvalue weighted by Crippen LogP contribution is -2.36. The van der Waals surface area contributed by atoms with Crippen molar-refractivity contribution in [1.29, 1.82) is 0 Å². The van der Waals surface area contributed by atoms with Gasteiger partial charge in [-0.3, -0.25) is 0 Å². The van der Waals surface area contributed by atoms with E-state index in [4.69, 9.17) is 0 Å². The molecule has 0 heterocycles. The number of hydrogen-bond acceptors (Lipinski definition) is 2. The summed E-state index contributed by atoms with van der Waals surface area (Å²) < 4.78 is 28.4. The van der Waals surface area contributed by atoms with Gasteiger partial charge in [0.05, 0.1) is 6.04 Å². The van der Waals surface area contributed by atoms with Crippen molar-refractivity contribution in [3.8, 4) is 5.75 Å². The smallest absolute Gasteiger partial charge is 0.387 e. The van der Waals surface area contributed by atoms with Crippen LogP contribution in [-0.4, -0.2) is 12.6 Å². The third-order valence-corrected chi connectivity index (χ3v) is 3.25. The first-order valence-electron chi connectivity index (χ1n) is 7.17. The summed E-state index contributed by atoms with van der Waals surface area (Å²) >= 11 is 0. The fourth-order valence-electron chi connectivity index (χ4n) is 2.04. The topological polar surface area (TPSA) is 50.4 Å². The molecule has 0 aliphatic carbocycles. The van der Waals surface area contributed by atoms with Crippen molar-refractivity contribution in [3.63, 3.8) is 0 Å². The van der Waals surface area contributed by atoms with Gasteiger partial charge in [0.15, 0.2) is 0 Å². The van der Waals surface area contributed by atoms with Gasteiger partial charge in [-0.05, 0) is 30.2 Å². The standard InChI is InChI=1S/C17H18F2N2O2/c1-12(14-5-3-2-4-6-14)21-17(22)20-11-13-7-9-15(10-8-13)23-16(18)19/h2-10,12,16H,11H2,1H3,(H2,20,21,22). The number of halogens is 2. The van der Waals surface area contributed by atoms with E-state index in [1.165, 1.54) is 12.1 Å². The average molecular weight is 320 g/mol. The number of amides is 2. The van der Waals surface area contributed by atoms with Gasteiger partial charge in [-0.15, -0.1) is 0 Å². The van der Waals surface area contributed by atoms with Crippen LogP contribution in [0.4, 0.5) is 13.6 Å². The highest BCUT2D eigenvalue weighted by atomic mass is 19.3. The van der Waals surface area contributed by atoms with E-state index in [0.29, 0.717) is 6.54 Å². The van der Waals surface area contributed by atoms with E-state index in [9.17, 15) is 13.6 Å². The number of carbonyl (C=O) groups excluding carboxylic acids is 1. The molecular weight excluding hydrogens is 302 g/mol. The largest absolute Gasteiger partial charge is 0.435 e. The number of hydrogen-bond donors (Lipinski definition) is 2. The minimum Gasteiger partial charge on any atom is -0.435 e. The van der Waals surface area contributed by atoms with Gasteiger partial charge in [-0.2, -0.15) is 8.78 Å². The highest BCUT2D eigenvalue weighted by molar-refractivity contribution is 5.74.